The van der Waals surface area contributed by atoms with Gasteiger partial charge in [0.05, 0.1) is 6.42 Å². The third kappa shape index (κ3) is 6.37. The van der Waals surface area contributed by atoms with Crippen LogP contribution in [0.4, 0.5) is 4.79 Å². The van der Waals surface area contributed by atoms with E-state index in [0.29, 0.717) is 45.7 Å². The molecular weight excluding hydrogens is 264 g/mol. The molecule has 1 heterocycles. The molecule has 0 aromatic rings. The predicted molar refractivity (Wildman–Crippen MR) is 72.1 cm³/mol. The highest BCUT2D eigenvalue weighted by Gasteiger charge is 2.20. The fraction of sp³-hybridized carbons (Fsp3) is 0.750. The highest BCUT2D eigenvalue weighted by atomic mass is 16.4. The maximum atomic E-state index is 11.8. The summed E-state index contributed by atoms with van der Waals surface area (Å²) in [7, 11) is 0. The molecule has 20 heavy (non-hydrogen) atoms. The Hall–Kier alpha value is -1.83. The number of carboxylic acid groups (broad SMARTS) is 1. The van der Waals surface area contributed by atoms with Gasteiger partial charge in [0.2, 0.25) is 5.91 Å². The number of hydrogen-bond donors (Lipinski definition) is 3. The molecule has 114 valence electrons. The normalized spacial score (nSPS) is 15.9. The van der Waals surface area contributed by atoms with Crippen LogP contribution in [-0.2, 0) is 9.59 Å². The summed E-state index contributed by atoms with van der Waals surface area (Å²) >= 11 is 0. The molecule has 1 fully saturated rings. The molecule has 1 saturated heterocycles. The molecule has 1 aliphatic heterocycles. The number of nitrogens with zero attached hydrogens (tertiary/aromatic N) is 2. The van der Waals surface area contributed by atoms with E-state index in [1.165, 1.54) is 0 Å². The monoisotopic (exact) mass is 286 g/mol. The standard InChI is InChI=1S/C12H22N4O4/c13-10(17)2-1-4-14-12(20)16-8-6-15(7-9-16)5-3-11(18)19/h1-9H2,(H2,13,17)(H,14,20)(H,18,19). The second-order valence-electron chi connectivity index (χ2n) is 4.77. The molecule has 0 spiro atoms. The van der Waals surface area contributed by atoms with Gasteiger partial charge in [0, 0.05) is 45.7 Å². The Morgan fingerprint density at radius 3 is 2.30 bits per heavy atom. The van der Waals surface area contributed by atoms with Crippen LogP contribution in [0.2, 0.25) is 0 Å². The summed E-state index contributed by atoms with van der Waals surface area (Å²) in [6.07, 6.45) is 0.933. The van der Waals surface area contributed by atoms with E-state index in [1.807, 2.05) is 4.90 Å². The average molecular weight is 286 g/mol. The minimum absolute atomic E-state index is 0.124. The lowest BCUT2D eigenvalue weighted by molar-refractivity contribution is -0.137. The Morgan fingerprint density at radius 1 is 1.10 bits per heavy atom. The lowest BCUT2D eigenvalue weighted by Crippen LogP contribution is -2.52. The second kappa shape index (κ2) is 8.36. The molecular formula is C12H22N4O4. The molecule has 0 atom stereocenters. The van der Waals surface area contributed by atoms with E-state index in [2.05, 4.69) is 5.32 Å². The molecule has 0 bridgehead atoms. The first-order chi connectivity index (χ1) is 9.49. The molecule has 0 aliphatic carbocycles. The number of urea groups is 1. The zero-order chi connectivity index (χ0) is 15.0. The molecule has 0 aromatic carbocycles. The van der Waals surface area contributed by atoms with Crippen LogP contribution in [0.15, 0.2) is 0 Å². The molecule has 8 nitrogen and oxygen atoms in total. The summed E-state index contributed by atoms with van der Waals surface area (Å²) in [5.74, 6) is -1.18. The van der Waals surface area contributed by atoms with Crippen LogP contribution >= 0.6 is 0 Å². The van der Waals surface area contributed by atoms with E-state index in [-0.39, 0.29) is 24.8 Å². The van der Waals surface area contributed by atoms with Crippen molar-refractivity contribution in [2.24, 2.45) is 5.73 Å². The zero-order valence-corrected chi connectivity index (χ0v) is 11.5. The van der Waals surface area contributed by atoms with Gasteiger partial charge >= 0.3 is 12.0 Å². The van der Waals surface area contributed by atoms with Crippen LogP contribution in [0, 0.1) is 0 Å². The number of piperazine rings is 1. The van der Waals surface area contributed by atoms with Crippen LogP contribution in [0.25, 0.3) is 0 Å². The Balaban J connectivity index is 2.15. The third-order valence-corrected chi connectivity index (χ3v) is 3.18. The SMILES string of the molecule is NC(=O)CCCNC(=O)N1CCN(CCC(=O)O)CC1. The zero-order valence-electron chi connectivity index (χ0n) is 11.5. The maximum Gasteiger partial charge on any atom is 0.317 e. The van der Waals surface area contributed by atoms with Gasteiger partial charge in [0.15, 0.2) is 0 Å². The van der Waals surface area contributed by atoms with Gasteiger partial charge in [0.25, 0.3) is 0 Å². The Labute approximate surface area is 117 Å². The molecule has 0 aromatic heterocycles. The largest absolute Gasteiger partial charge is 0.481 e. The van der Waals surface area contributed by atoms with Gasteiger partial charge in [-0.3, -0.25) is 14.5 Å². The van der Waals surface area contributed by atoms with Crippen LogP contribution < -0.4 is 11.1 Å². The first-order valence-electron chi connectivity index (χ1n) is 6.74. The number of rotatable bonds is 7. The van der Waals surface area contributed by atoms with Crippen molar-refractivity contribution >= 4 is 17.9 Å². The van der Waals surface area contributed by atoms with Crippen molar-refractivity contribution in [2.75, 3.05) is 39.3 Å². The van der Waals surface area contributed by atoms with Crippen molar-refractivity contribution < 1.29 is 19.5 Å². The van der Waals surface area contributed by atoms with Gasteiger partial charge < -0.3 is 21.1 Å². The topological polar surface area (TPSA) is 116 Å². The number of aliphatic carboxylic acids is 1. The summed E-state index contributed by atoms with van der Waals surface area (Å²) in [4.78, 5) is 36.5. The number of hydrogen-bond acceptors (Lipinski definition) is 4. The first kappa shape index (κ1) is 16.2. The van der Waals surface area contributed by atoms with Gasteiger partial charge in [-0.25, -0.2) is 4.79 Å². The molecule has 0 saturated carbocycles. The van der Waals surface area contributed by atoms with Crippen molar-refractivity contribution in [1.29, 1.82) is 0 Å². The fourth-order valence-corrected chi connectivity index (χ4v) is 2.00. The molecule has 0 unspecified atom stereocenters. The van der Waals surface area contributed by atoms with E-state index in [4.69, 9.17) is 10.8 Å². The average Bonchev–Trinajstić information content (AvgIpc) is 2.41. The van der Waals surface area contributed by atoms with E-state index in [9.17, 15) is 14.4 Å². The van der Waals surface area contributed by atoms with Crippen LogP contribution in [0.3, 0.4) is 0 Å². The van der Waals surface area contributed by atoms with E-state index >= 15 is 0 Å². The highest BCUT2D eigenvalue weighted by molar-refractivity contribution is 5.75. The fourth-order valence-electron chi connectivity index (χ4n) is 2.00. The number of nitrogens with two attached hydrogens (primary N) is 1. The van der Waals surface area contributed by atoms with Crippen molar-refractivity contribution in [3.05, 3.63) is 0 Å². The molecule has 3 amide bonds. The Kier molecular flexibility index (Phi) is 6.78. The van der Waals surface area contributed by atoms with Crippen LogP contribution in [0.1, 0.15) is 19.3 Å². The van der Waals surface area contributed by atoms with E-state index in [1.54, 1.807) is 4.90 Å². The van der Waals surface area contributed by atoms with Crippen molar-refractivity contribution in [3.63, 3.8) is 0 Å². The minimum Gasteiger partial charge on any atom is -0.481 e. The Morgan fingerprint density at radius 2 is 1.75 bits per heavy atom. The number of carbonyl (C=O) groups is 3. The smallest absolute Gasteiger partial charge is 0.317 e. The van der Waals surface area contributed by atoms with Crippen molar-refractivity contribution in [1.82, 2.24) is 15.1 Å². The number of carbonyl (C=O) groups excluding carboxylic acids is 2. The van der Waals surface area contributed by atoms with Crippen molar-refractivity contribution in [3.8, 4) is 0 Å². The Bertz CT molecular complexity index is 353. The highest BCUT2D eigenvalue weighted by Crippen LogP contribution is 2.03. The first-order valence-corrected chi connectivity index (χ1v) is 6.74. The summed E-state index contributed by atoms with van der Waals surface area (Å²) in [6.45, 7) is 3.48. The number of primary amides is 1. The summed E-state index contributed by atoms with van der Waals surface area (Å²) in [5.41, 5.74) is 5.01. The van der Waals surface area contributed by atoms with Gasteiger partial charge in [-0.2, -0.15) is 0 Å². The summed E-state index contributed by atoms with van der Waals surface area (Å²) in [5, 5.41) is 11.3. The van der Waals surface area contributed by atoms with E-state index in [0.717, 1.165) is 0 Å². The van der Waals surface area contributed by atoms with E-state index < -0.39 is 5.97 Å². The number of amides is 3. The predicted octanol–water partition coefficient (Wildman–Crippen LogP) is -0.946. The molecule has 4 N–H and O–H groups in total. The molecule has 0 radical (unpaired) electrons. The second-order valence-corrected chi connectivity index (χ2v) is 4.77. The number of nitrogens with one attached hydrogen (secondary N) is 1. The minimum atomic E-state index is -0.806. The van der Waals surface area contributed by atoms with Crippen molar-refractivity contribution in [2.45, 2.75) is 19.3 Å². The quantitative estimate of drug-likeness (QED) is 0.522. The summed E-state index contributed by atoms with van der Waals surface area (Å²) in [6, 6.07) is -0.146. The van der Waals surface area contributed by atoms with Gasteiger partial charge in [0.1, 0.15) is 0 Å². The lowest BCUT2D eigenvalue weighted by Gasteiger charge is -2.34. The summed E-state index contributed by atoms with van der Waals surface area (Å²) < 4.78 is 0. The maximum absolute atomic E-state index is 11.8. The third-order valence-electron chi connectivity index (χ3n) is 3.18. The van der Waals surface area contributed by atoms with Crippen LogP contribution in [-0.4, -0.2) is 72.1 Å². The number of carboxylic acids is 1. The van der Waals surface area contributed by atoms with Gasteiger partial charge in [-0.1, -0.05) is 0 Å². The molecule has 8 heteroatoms. The molecule has 1 rings (SSSR count). The lowest BCUT2D eigenvalue weighted by atomic mass is 10.3. The molecule has 1 aliphatic rings. The van der Waals surface area contributed by atoms with Gasteiger partial charge in [-0.05, 0) is 6.42 Å². The van der Waals surface area contributed by atoms with Crippen LogP contribution in [0.5, 0.6) is 0 Å². The van der Waals surface area contributed by atoms with Gasteiger partial charge in [-0.15, -0.1) is 0 Å².